The van der Waals surface area contributed by atoms with Gasteiger partial charge in [0.25, 0.3) is 11.8 Å². The van der Waals surface area contributed by atoms with Crippen molar-refractivity contribution in [2.24, 2.45) is 0 Å². The molecule has 11 nitrogen and oxygen atoms in total. The van der Waals surface area contributed by atoms with Crippen molar-refractivity contribution in [2.45, 2.75) is 18.9 Å². The molecule has 154 valence electrons. The highest BCUT2D eigenvalue weighted by Gasteiger charge is 2.44. The zero-order valence-corrected chi connectivity index (χ0v) is 16.0. The first-order valence-corrected chi connectivity index (χ1v) is 9.43. The highest BCUT2D eigenvalue weighted by Crippen LogP contribution is 2.29. The maximum atomic E-state index is 13.0. The maximum absolute atomic E-state index is 13.0. The van der Waals surface area contributed by atoms with E-state index in [9.17, 15) is 19.2 Å². The smallest absolute Gasteiger partial charge is 0.262 e. The molecule has 1 unspecified atom stereocenters. The Hall–Kier alpha value is -4.41. The number of imide groups is 2. The van der Waals surface area contributed by atoms with Gasteiger partial charge in [-0.15, -0.1) is 5.10 Å². The number of piperidine rings is 1. The summed E-state index contributed by atoms with van der Waals surface area (Å²) in [5.41, 5.74) is 7.60. The molecule has 4 amide bonds. The van der Waals surface area contributed by atoms with E-state index >= 15 is 0 Å². The Morgan fingerprint density at radius 2 is 1.81 bits per heavy atom. The average Bonchev–Trinajstić information content (AvgIpc) is 3.33. The Balaban J connectivity index is 1.46. The maximum Gasteiger partial charge on any atom is 0.262 e. The molecule has 0 spiro atoms. The number of nitrogens with zero attached hydrogens (tertiary/aromatic N) is 5. The van der Waals surface area contributed by atoms with Gasteiger partial charge in [0.05, 0.1) is 28.7 Å². The van der Waals surface area contributed by atoms with Gasteiger partial charge in [0.15, 0.2) is 0 Å². The van der Waals surface area contributed by atoms with Crippen LogP contribution in [0.25, 0.3) is 17.1 Å². The third kappa shape index (κ3) is 3.03. The molecule has 0 aliphatic carbocycles. The molecule has 11 heteroatoms. The zero-order chi connectivity index (χ0) is 21.7. The fraction of sp³-hybridized carbons (Fsp3) is 0.150. The predicted octanol–water partition coefficient (Wildman–Crippen LogP) is 0.313. The van der Waals surface area contributed by atoms with Crippen LogP contribution in [0.1, 0.15) is 33.6 Å². The van der Waals surface area contributed by atoms with Gasteiger partial charge in [-0.3, -0.25) is 29.4 Å². The lowest BCUT2D eigenvalue weighted by Crippen LogP contribution is -2.54. The SMILES string of the molecule is Nc1cccc(-c2cn(-c3ccc4c(c3)C(=O)N(C3CCC(=O)NC3=O)C4=O)nn2)n1. The Morgan fingerprint density at radius 1 is 1.00 bits per heavy atom. The number of hydrogen-bond donors (Lipinski definition) is 2. The van der Waals surface area contributed by atoms with Gasteiger partial charge < -0.3 is 5.73 Å². The second-order valence-electron chi connectivity index (χ2n) is 7.17. The molecule has 1 saturated heterocycles. The van der Waals surface area contributed by atoms with Crippen molar-refractivity contribution in [3.05, 3.63) is 53.7 Å². The van der Waals surface area contributed by atoms with Crippen molar-refractivity contribution in [3.63, 3.8) is 0 Å². The first-order valence-electron chi connectivity index (χ1n) is 9.43. The normalized spacial score (nSPS) is 18.3. The summed E-state index contributed by atoms with van der Waals surface area (Å²) in [6.07, 6.45) is 1.79. The Kier molecular flexibility index (Phi) is 4.10. The third-order valence-electron chi connectivity index (χ3n) is 5.21. The summed E-state index contributed by atoms with van der Waals surface area (Å²) in [6.45, 7) is 0. The topological polar surface area (TPSA) is 153 Å². The lowest BCUT2D eigenvalue weighted by atomic mass is 10.0. The van der Waals surface area contributed by atoms with Gasteiger partial charge in [-0.05, 0) is 36.8 Å². The summed E-state index contributed by atoms with van der Waals surface area (Å²) in [7, 11) is 0. The second kappa shape index (κ2) is 6.83. The van der Waals surface area contributed by atoms with Crippen molar-refractivity contribution in [1.82, 2.24) is 30.2 Å². The first kappa shape index (κ1) is 18.6. The lowest BCUT2D eigenvalue weighted by Gasteiger charge is -2.27. The molecule has 1 atom stereocenters. The number of pyridine rings is 1. The van der Waals surface area contributed by atoms with Crippen LogP contribution in [0, 0.1) is 0 Å². The molecule has 2 aliphatic heterocycles. The number of nitrogens with two attached hydrogens (primary N) is 1. The Bertz CT molecular complexity index is 1280. The van der Waals surface area contributed by atoms with Crippen LogP contribution in [-0.4, -0.2) is 54.5 Å². The lowest BCUT2D eigenvalue weighted by molar-refractivity contribution is -0.136. The zero-order valence-electron chi connectivity index (χ0n) is 16.0. The molecule has 3 N–H and O–H groups in total. The molecule has 0 saturated carbocycles. The summed E-state index contributed by atoms with van der Waals surface area (Å²) in [5.74, 6) is -1.88. The number of aromatic nitrogens is 4. The van der Waals surface area contributed by atoms with Crippen LogP contribution in [-0.2, 0) is 9.59 Å². The van der Waals surface area contributed by atoms with E-state index in [1.807, 2.05) is 0 Å². The van der Waals surface area contributed by atoms with Crippen molar-refractivity contribution in [2.75, 3.05) is 5.73 Å². The van der Waals surface area contributed by atoms with Gasteiger partial charge in [0, 0.05) is 6.42 Å². The van der Waals surface area contributed by atoms with E-state index in [0.717, 1.165) is 4.90 Å². The molecule has 1 aromatic carbocycles. The molecule has 31 heavy (non-hydrogen) atoms. The van der Waals surface area contributed by atoms with Crippen LogP contribution in [0.3, 0.4) is 0 Å². The van der Waals surface area contributed by atoms with Gasteiger partial charge >= 0.3 is 0 Å². The van der Waals surface area contributed by atoms with Crippen LogP contribution in [0.15, 0.2) is 42.6 Å². The molecule has 1 fully saturated rings. The second-order valence-corrected chi connectivity index (χ2v) is 7.17. The van der Waals surface area contributed by atoms with E-state index in [2.05, 4.69) is 20.6 Å². The van der Waals surface area contributed by atoms with E-state index in [1.165, 1.54) is 16.8 Å². The molecular weight excluding hydrogens is 402 g/mol. The van der Waals surface area contributed by atoms with E-state index in [4.69, 9.17) is 5.73 Å². The van der Waals surface area contributed by atoms with Crippen molar-refractivity contribution < 1.29 is 19.2 Å². The van der Waals surface area contributed by atoms with Crippen LogP contribution in [0.5, 0.6) is 0 Å². The van der Waals surface area contributed by atoms with E-state index in [1.54, 1.807) is 30.5 Å². The minimum atomic E-state index is -1.01. The summed E-state index contributed by atoms with van der Waals surface area (Å²) in [4.78, 5) is 54.4. The van der Waals surface area contributed by atoms with Gasteiger partial charge in [0.2, 0.25) is 11.8 Å². The van der Waals surface area contributed by atoms with Crippen LogP contribution < -0.4 is 11.1 Å². The number of amides is 4. The van der Waals surface area contributed by atoms with Gasteiger partial charge in [-0.2, -0.15) is 0 Å². The standard InChI is InChI=1S/C20H15N7O4/c21-16-3-1-2-13(22-16)14-9-26(25-24-14)10-4-5-11-12(8-10)20(31)27(19(11)30)15-6-7-17(28)23-18(15)29/h1-5,8-9,15H,6-7H2,(H2,21,22)(H,23,28,29). The Labute approximate surface area is 174 Å². The van der Waals surface area contributed by atoms with Crippen molar-refractivity contribution in [1.29, 1.82) is 0 Å². The number of nitrogens with one attached hydrogen (secondary N) is 1. The molecule has 0 bridgehead atoms. The number of benzene rings is 1. The third-order valence-corrected chi connectivity index (χ3v) is 5.21. The van der Waals surface area contributed by atoms with Gasteiger partial charge in [0.1, 0.15) is 17.6 Å². The quantitative estimate of drug-likeness (QED) is 0.578. The van der Waals surface area contributed by atoms with Crippen LogP contribution in [0.2, 0.25) is 0 Å². The predicted molar refractivity (Wildman–Crippen MR) is 106 cm³/mol. The number of nitrogen functional groups attached to an aromatic ring is 1. The Morgan fingerprint density at radius 3 is 2.58 bits per heavy atom. The van der Waals surface area contributed by atoms with Crippen molar-refractivity contribution in [3.8, 4) is 17.1 Å². The average molecular weight is 417 g/mol. The number of carbonyl (C=O) groups is 4. The summed E-state index contributed by atoms with van der Waals surface area (Å²) >= 11 is 0. The van der Waals surface area contributed by atoms with Crippen LogP contribution >= 0.6 is 0 Å². The van der Waals surface area contributed by atoms with E-state index in [-0.39, 0.29) is 24.0 Å². The molecular formula is C20H15N7O4. The van der Waals surface area contributed by atoms with Crippen molar-refractivity contribution >= 4 is 29.4 Å². The molecule has 5 rings (SSSR count). The number of fused-ring (bicyclic) bond motifs is 1. The first-order chi connectivity index (χ1) is 14.9. The van der Waals surface area contributed by atoms with Gasteiger partial charge in [-0.25, -0.2) is 9.67 Å². The highest BCUT2D eigenvalue weighted by molar-refractivity contribution is 6.23. The summed E-state index contributed by atoms with van der Waals surface area (Å²) < 4.78 is 1.45. The fourth-order valence-corrected chi connectivity index (χ4v) is 3.70. The number of rotatable bonds is 3. The van der Waals surface area contributed by atoms with E-state index in [0.29, 0.717) is 22.9 Å². The number of carbonyl (C=O) groups excluding carboxylic acids is 4. The molecule has 2 aromatic heterocycles. The summed E-state index contributed by atoms with van der Waals surface area (Å²) in [5, 5.41) is 10.3. The summed E-state index contributed by atoms with van der Waals surface area (Å²) in [6, 6.07) is 8.80. The van der Waals surface area contributed by atoms with E-state index < -0.39 is 29.7 Å². The molecule has 2 aliphatic rings. The van der Waals surface area contributed by atoms with Gasteiger partial charge in [-0.1, -0.05) is 11.3 Å². The fourth-order valence-electron chi connectivity index (χ4n) is 3.70. The molecule has 4 heterocycles. The minimum Gasteiger partial charge on any atom is -0.384 e. The monoisotopic (exact) mass is 417 g/mol. The number of anilines is 1. The molecule has 0 radical (unpaired) electrons. The highest BCUT2D eigenvalue weighted by atomic mass is 16.2. The largest absolute Gasteiger partial charge is 0.384 e. The molecule has 3 aromatic rings. The minimum absolute atomic E-state index is 0.0643. The van der Waals surface area contributed by atoms with Crippen LogP contribution in [0.4, 0.5) is 5.82 Å². The number of hydrogen-bond acceptors (Lipinski definition) is 8.